The number of hydrogen-bond acceptors (Lipinski definition) is 2. The Bertz CT molecular complexity index is 622. The molecule has 4 rings (SSSR count). The molecule has 3 aliphatic rings. The third-order valence-electron chi connectivity index (χ3n) is 4.62. The van der Waals surface area contributed by atoms with Crippen LogP contribution in [0.25, 0.3) is 0 Å². The maximum absolute atomic E-state index is 13.4. The molecule has 2 heterocycles. The van der Waals surface area contributed by atoms with Crippen LogP contribution in [-0.4, -0.2) is 30.4 Å². The van der Waals surface area contributed by atoms with Crippen molar-refractivity contribution in [3.63, 3.8) is 0 Å². The number of fused-ring (bicyclic) bond motifs is 3. The van der Waals surface area contributed by atoms with Crippen LogP contribution >= 0.6 is 0 Å². The van der Waals surface area contributed by atoms with Gasteiger partial charge in [-0.2, -0.15) is 13.2 Å². The number of hydrogen-bond donors (Lipinski definition) is 1. The largest absolute Gasteiger partial charge is 0.417 e. The standard InChI is InChI=1S/C15H15F3N2O/c16-15(17,18)11-6-9(8-1-2-8)5-10-12-7-19-3-4-20(12)14(21)13(10)11/h5-6,8,12,19H,1-4,7H2/t12-/m0/s1. The summed E-state index contributed by atoms with van der Waals surface area (Å²) < 4.78 is 40.1. The van der Waals surface area contributed by atoms with E-state index in [4.69, 9.17) is 0 Å². The molecule has 0 bridgehead atoms. The van der Waals surface area contributed by atoms with Crippen LogP contribution in [0.3, 0.4) is 0 Å². The molecule has 1 aliphatic carbocycles. The number of rotatable bonds is 1. The Morgan fingerprint density at radius 3 is 2.67 bits per heavy atom. The van der Waals surface area contributed by atoms with Crippen molar-refractivity contribution >= 4 is 5.91 Å². The zero-order valence-electron chi connectivity index (χ0n) is 11.3. The van der Waals surface area contributed by atoms with Crippen LogP contribution in [0.1, 0.15) is 51.8 Å². The van der Waals surface area contributed by atoms with Gasteiger partial charge in [0, 0.05) is 19.6 Å². The fraction of sp³-hybridized carbons (Fsp3) is 0.533. The van der Waals surface area contributed by atoms with Gasteiger partial charge in [0.05, 0.1) is 17.2 Å². The number of piperazine rings is 1. The van der Waals surface area contributed by atoms with Gasteiger partial charge in [0.15, 0.2) is 0 Å². The van der Waals surface area contributed by atoms with E-state index in [1.807, 2.05) is 6.07 Å². The van der Waals surface area contributed by atoms with Crippen molar-refractivity contribution in [2.75, 3.05) is 19.6 Å². The summed E-state index contributed by atoms with van der Waals surface area (Å²) in [5.74, 6) is -0.233. The summed E-state index contributed by atoms with van der Waals surface area (Å²) in [4.78, 5) is 14.0. The molecular weight excluding hydrogens is 281 g/mol. The number of nitrogens with one attached hydrogen (secondary N) is 1. The molecule has 0 radical (unpaired) electrons. The molecule has 1 saturated carbocycles. The summed E-state index contributed by atoms with van der Waals surface area (Å²) in [5, 5.41) is 3.16. The van der Waals surface area contributed by atoms with E-state index in [-0.39, 0.29) is 17.5 Å². The van der Waals surface area contributed by atoms with Crippen molar-refractivity contribution in [1.29, 1.82) is 0 Å². The van der Waals surface area contributed by atoms with Crippen molar-refractivity contribution in [2.45, 2.75) is 31.0 Å². The fourth-order valence-electron chi connectivity index (χ4n) is 3.43. The molecule has 1 aromatic carbocycles. The van der Waals surface area contributed by atoms with Crippen LogP contribution < -0.4 is 5.32 Å². The van der Waals surface area contributed by atoms with Gasteiger partial charge < -0.3 is 10.2 Å². The van der Waals surface area contributed by atoms with Gasteiger partial charge in [-0.15, -0.1) is 0 Å². The molecule has 0 aromatic heterocycles. The predicted octanol–water partition coefficient (Wildman–Crippen LogP) is 2.68. The monoisotopic (exact) mass is 296 g/mol. The molecule has 0 spiro atoms. The van der Waals surface area contributed by atoms with Crippen molar-refractivity contribution in [3.05, 3.63) is 34.4 Å². The average Bonchev–Trinajstić information content (AvgIpc) is 3.25. The lowest BCUT2D eigenvalue weighted by atomic mass is 9.94. The van der Waals surface area contributed by atoms with E-state index in [2.05, 4.69) is 5.32 Å². The highest BCUT2D eigenvalue weighted by molar-refractivity contribution is 6.01. The predicted molar refractivity (Wildman–Crippen MR) is 70.1 cm³/mol. The summed E-state index contributed by atoms with van der Waals surface area (Å²) in [5.41, 5.74) is 0.423. The Kier molecular flexibility index (Phi) is 2.64. The van der Waals surface area contributed by atoms with Gasteiger partial charge in [-0.25, -0.2) is 0 Å². The lowest BCUT2D eigenvalue weighted by Gasteiger charge is -2.30. The van der Waals surface area contributed by atoms with E-state index < -0.39 is 17.6 Å². The highest BCUT2D eigenvalue weighted by atomic mass is 19.4. The number of carbonyl (C=O) groups is 1. The van der Waals surface area contributed by atoms with Crippen molar-refractivity contribution in [3.8, 4) is 0 Å². The van der Waals surface area contributed by atoms with Crippen LogP contribution in [0.4, 0.5) is 13.2 Å². The van der Waals surface area contributed by atoms with E-state index in [1.54, 1.807) is 4.90 Å². The lowest BCUT2D eigenvalue weighted by molar-refractivity contribution is -0.138. The van der Waals surface area contributed by atoms with Crippen LogP contribution in [0, 0.1) is 0 Å². The first-order chi connectivity index (χ1) is 9.97. The smallest absolute Gasteiger partial charge is 0.329 e. The minimum atomic E-state index is -4.48. The quantitative estimate of drug-likeness (QED) is 0.864. The van der Waals surface area contributed by atoms with E-state index in [9.17, 15) is 18.0 Å². The number of amides is 1. The number of carbonyl (C=O) groups excluding carboxylic acids is 1. The number of alkyl halides is 3. The van der Waals surface area contributed by atoms with Crippen LogP contribution in [0.15, 0.2) is 12.1 Å². The van der Waals surface area contributed by atoms with Gasteiger partial charge >= 0.3 is 6.18 Å². The molecule has 112 valence electrons. The van der Waals surface area contributed by atoms with Crippen molar-refractivity contribution in [1.82, 2.24) is 10.2 Å². The zero-order chi connectivity index (χ0) is 14.8. The highest BCUT2D eigenvalue weighted by Crippen LogP contribution is 2.47. The summed E-state index contributed by atoms with van der Waals surface area (Å²) in [6.07, 6.45) is -2.60. The topological polar surface area (TPSA) is 32.3 Å². The number of benzene rings is 1. The zero-order valence-corrected chi connectivity index (χ0v) is 11.3. The van der Waals surface area contributed by atoms with E-state index in [0.29, 0.717) is 25.2 Å². The number of nitrogens with zero attached hydrogens (tertiary/aromatic N) is 1. The first-order valence-electron chi connectivity index (χ1n) is 7.23. The van der Waals surface area contributed by atoms with Crippen LogP contribution in [0.2, 0.25) is 0 Å². The Morgan fingerprint density at radius 2 is 2.00 bits per heavy atom. The maximum atomic E-state index is 13.4. The molecule has 0 unspecified atom stereocenters. The Morgan fingerprint density at radius 1 is 1.24 bits per heavy atom. The van der Waals surface area contributed by atoms with Crippen LogP contribution in [0.5, 0.6) is 0 Å². The molecule has 1 amide bonds. The molecule has 6 heteroatoms. The molecule has 1 aromatic rings. The molecule has 1 N–H and O–H groups in total. The molecule has 2 fully saturated rings. The summed E-state index contributed by atoms with van der Waals surface area (Å²) in [6, 6.07) is 2.78. The second-order valence-electron chi connectivity index (χ2n) is 6.02. The van der Waals surface area contributed by atoms with Gasteiger partial charge in [0.2, 0.25) is 0 Å². The normalized spacial score (nSPS) is 25.0. The van der Waals surface area contributed by atoms with E-state index in [0.717, 1.165) is 18.4 Å². The third-order valence-corrected chi connectivity index (χ3v) is 4.62. The third kappa shape index (κ3) is 1.96. The summed E-state index contributed by atoms with van der Waals surface area (Å²) in [7, 11) is 0. The Balaban J connectivity index is 1.91. The molecule has 21 heavy (non-hydrogen) atoms. The minimum absolute atomic E-state index is 0.124. The van der Waals surface area contributed by atoms with Gasteiger partial charge in [-0.3, -0.25) is 4.79 Å². The second kappa shape index (κ2) is 4.22. The molecule has 1 saturated heterocycles. The van der Waals surface area contributed by atoms with Crippen LogP contribution in [-0.2, 0) is 6.18 Å². The minimum Gasteiger partial charge on any atom is -0.329 e. The highest BCUT2D eigenvalue weighted by Gasteiger charge is 2.46. The van der Waals surface area contributed by atoms with E-state index >= 15 is 0 Å². The van der Waals surface area contributed by atoms with Gasteiger partial charge in [-0.1, -0.05) is 6.07 Å². The lowest BCUT2D eigenvalue weighted by Crippen LogP contribution is -2.44. The van der Waals surface area contributed by atoms with Gasteiger partial charge in [0.1, 0.15) is 0 Å². The summed E-state index contributed by atoms with van der Waals surface area (Å²) in [6.45, 7) is 1.63. The first-order valence-corrected chi connectivity index (χ1v) is 7.23. The van der Waals surface area contributed by atoms with Crippen molar-refractivity contribution < 1.29 is 18.0 Å². The average molecular weight is 296 g/mol. The SMILES string of the molecule is O=C1c2c(cc(C3CC3)cc2C(F)(F)F)[C@@H]2CNCCN12. The first kappa shape index (κ1) is 13.1. The Hall–Kier alpha value is -1.56. The molecular formula is C15H15F3N2O. The van der Waals surface area contributed by atoms with Gasteiger partial charge in [0.25, 0.3) is 5.91 Å². The van der Waals surface area contributed by atoms with Crippen molar-refractivity contribution in [2.24, 2.45) is 0 Å². The second-order valence-corrected chi connectivity index (χ2v) is 6.02. The maximum Gasteiger partial charge on any atom is 0.417 e. The summed E-state index contributed by atoms with van der Waals surface area (Å²) >= 11 is 0. The number of halogens is 3. The molecule has 1 atom stereocenters. The van der Waals surface area contributed by atoms with E-state index in [1.165, 1.54) is 6.07 Å². The molecule has 2 aliphatic heterocycles. The van der Waals surface area contributed by atoms with Gasteiger partial charge in [-0.05, 0) is 36.0 Å². The fourth-order valence-corrected chi connectivity index (χ4v) is 3.43. The Labute approximate surface area is 120 Å². The molecule has 3 nitrogen and oxygen atoms in total.